The molecule has 2 fully saturated rings. The Hall–Kier alpha value is -3.46. The number of anilines is 1. The van der Waals surface area contributed by atoms with Crippen molar-refractivity contribution in [3.63, 3.8) is 0 Å². The van der Waals surface area contributed by atoms with E-state index >= 15 is 8.78 Å². The maximum atomic E-state index is 16.2. The number of halogens is 2. The number of aromatic nitrogens is 1. The van der Waals surface area contributed by atoms with Crippen LogP contribution in [0.3, 0.4) is 0 Å². The molecule has 9 heteroatoms. The van der Waals surface area contributed by atoms with Crippen molar-refractivity contribution < 1.29 is 23.4 Å². The number of fused-ring (bicyclic) bond motifs is 1. The predicted octanol–water partition coefficient (Wildman–Crippen LogP) is 4.25. The average molecular weight is 512 g/mol. The van der Waals surface area contributed by atoms with Crippen LogP contribution in [-0.4, -0.2) is 48.9 Å². The first-order valence-electron chi connectivity index (χ1n) is 12.7. The van der Waals surface area contributed by atoms with Crippen LogP contribution in [0.4, 0.5) is 14.5 Å². The molecular weight excluding hydrogens is 480 g/mol. The van der Waals surface area contributed by atoms with Gasteiger partial charge >= 0.3 is 5.97 Å². The first-order chi connectivity index (χ1) is 17.9. The Morgan fingerprint density at radius 2 is 1.81 bits per heavy atom. The van der Waals surface area contributed by atoms with Crippen LogP contribution in [0.2, 0.25) is 0 Å². The van der Waals surface area contributed by atoms with Crippen LogP contribution in [0.15, 0.2) is 41.3 Å². The van der Waals surface area contributed by atoms with Gasteiger partial charge < -0.3 is 24.6 Å². The van der Waals surface area contributed by atoms with E-state index in [1.807, 2.05) is 0 Å². The number of hydrogen-bond acceptors (Lipinski definition) is 5. The zero-order chi connectivity index (χ0) is 26.1. The highest BCUT2D eigenvalue weighted by molar-refractivity contribution is 5.94. The third-order valence-electron chi connectivity index (χ3n) is 7.85. The van der Waals surface area contributed by atoms with Crippen molar-refractivity contribution in [3.8, 4) is 5.75 Å². The Morgan fingerprint density at radius 3 is 2.49 bits per heavy atom. The van der Waals surface area contributed by atoms with Crippen molar-refractivity contribution in [1.29, 1.82) is 0 Å². The van der Waals surface area contributed by atoms with Crippen molar-refractivity contribution in [2.24, 2.45) is 11.8 Å². The second-order valence-electron chi connectivity index (χ2n) is 9.99. The highest BCUT2D eigenvalue weighted by atomic mass is 19.1. The first kappa shape index (κ1) is 25.2. The summed E-state index contributed by atoms with van der Waals surface area (Å²) in [6.07, 6.45) is 5.12. The molecule has 0 bridgehead atoms. The summed E-state index contributed by atoms with van der Waals surface area (Å²) in [6.45, 7) is 3.17. The molecule has 3 heterocycles. The Labute approximate surface area is 213 Å². The zero-order valence-corrected chi connectivity index (χ0v) is 20.8. The molecular formula is C28H31F2N3O4. The monoisotopic (exact) mass is 511 g/mol. The number of carboxylic acid groups (broad SMARTS) is 1. The normalized spacial score (nSPS) is 17.3. The van der Waals surface area contributed by atoms with E-state index in [0.717, 1.165) is 51.0 Å². The molecule has 0 radical (unpaired) electrons. The molecule has 0 amide bonds. The molecule has 3 aromatic rings. The van der Waals surface area contributed by atoms with Crippen molar-refractivity contribution in [3.05, 3.63) is 69.5 Å². The van der Waals surface area contributed by atoms with Gasteiger partial charge in [-0.25, -0.2) is 13.6 Å². The predicted molar refractivity (Wildman–Crippen MR) is 138 cm³/mol. The largest absolute Gasteiger partial charge is 0.497 e. The lowest BCUT2D eigenvalue weighted by Gasteiger charge is -2.39. The number of rotatable bonds is 6. The number of carboxylic acids is 1. The standard InChI is InChI=1S/C28H31F2N3O4/c1-37-20-4-2-3-17(13-20)15-33-16-22(28(35)36)27(34)21-14-23(29)26(24(30)25(21)33)32-11-7-19(8-12-32)18-5-9-31-10-6-18/h2-4,13-14,16,18-19,31H,5-12,15H2,1H3,(H,35,36). The first-order valence-corrected chi connectivity index (χ1v) is 12.7. The molecule has 2 N–H and O–H groups in total. The molecule has 2 saturated heterocycles. The molecule has 196 valence electrons. The highest BCUT2D eigenvalue weighted by Crippen LogP contribution is 2.36. The molecule has 7 nitrogen and oxygen atoms in total. The molecule has 37 heavy (non-hydrogen) atoms. The summed E-state index contributed by atoms with van der Waals surface area (Å²) in [4.78, 5) is 26.4. The number of benzene rings is 2. The van der Waals surface area contributed by atoms with Gasteiger partial charge in [0.2, 0.25) is 5.43 Å². The van der Waals surface area contributed by atoms with E-state index in [4.69, 9.17) is 4.74 Å². The van der Waals surface area contributed by atoms with Crippen LogP contribution in [-0.2, 0) is 6.54 Å². The molecule has 0 spiro atoms. The van der Waals surface area contributed by atoms with E-state index in [1.165, 1.54) is 11.7 Å². The SMILES string of the molecule is COc1cccc(Cn2cc(C(=O)O)c(=O)c3cc(F)c(N4CCC(C5CCNCC5)CC4)c(F)c32)c1. The Kier molecular flexibility index (Phi) is 7.15. The summed E-state index contributed by atoms with van der Waals surface area (Å²) >= 11 is 0. The molecule has 0 aliphatic carbocycles. The third kappa shape index (κ3) is 4.92. The maximum Gasteiger partial charge on any atom is 0.341 e. The molecule has 2 aliphatic heterocycles. The molecule has 2 aromatic carbocycles. The number of methoxy groups -OCH3 is 1. The second kappa shape index (κ2) is 10.5. The van der Waals surface area contributed by atoms with Gasteiger partial charge in [-0.05, 0) is 74.4 Å². The van der Waals surface area contributed by atoms with E-state index in [2.05, 4.69) is 5.32 Å². The summed E-state index contributed by atoms with van der Waals surface area (Å²) in [6, 6.07) is 8.06. The van der Waals surface area contributed by atoms with E-state index in [1.54, 1.807) is 29.2 Å². The lowest BCUT2D eigenvalue weighted by molar-refractivity contribution is 0.0694. The number of aromatic carboxylic acids is 1. The van der Waals surface area contributed by atoms with E-state index < -0.39 is 28.6 Å². The quantitative estimate of drug-likeness (QED) is 0.515. The van der Waals surface area contributed by atoms with Crippen LogP contribution in [0.25, 0.3) is 10.9 Å². The maximum absolute atomic E-state index is 16.2. The number of carbonyl (C=O) groups is 1. The van der Waals surface area contributed by atoms with Gasteiger partial charge in [0.15, 0.2) is 5.82 Å². The molecule has 1 aromatic heterocycles. The average Bonchev–Trinajstić information content (AvgIpc) is 2.91. The Bertz CT molecular complexity index is 1380. The lowest BCUT2D eigenvalue weighted by atomic mass is 9.79. The summed E-state index contributed by atoms with van der Waals surface area (Å²) in [5.41, 5.74) is -0.982. The fourth-order valence-corrected chi connectivity index (χ4v) is 5.92. The molecule has 0 saturated carbocycles. The van der Waals surface area contributed by atoms with Gasteiger partial charge in [-0.15, -0.1) is 0 Å². The van der Waals surface area contributed by atoms with E-state index in [-0.39, 0.29) is 23.1 Å². The van der Waals surface area contributed by atoms with Crippen LogP contribution in [0.1, 0.15) is 41.6 Å². The van der Waals surface area contributed by atoms with Crippen LogP contribution < -0.4 is 20.4 Å². The van der Waals surface area contributed by atoms with Crippen LogP contribution in [0.5, 0.6) is 5.75 Å². The van der Waals surface area contributed by atoms with Gasteiger partial charge in [0.05, 0.1) is 18.0 Å². The highest BCUT2D eigenvalue weighted by Gasteiger charge is 2.31. The fourth-order valence-electron chi connectivity index (χ4n) is 5.92. The minimum absolute atomic E-state index is 0.0774. The number of piperidine rings is 2. The summed E-state index contributed by atoms with van der Waals surface area (Å²) in [7, 11) is 1.53. The summed E-state index contributed by atoms with van der Waals surface area (Å²) in [5, 5.41) is 12.7. The molecule has 5 rings (SSSR count). The number of nitrogens with zero attached hydrogens (tertiary/aromatic N) is 2. The van der Waals surface area contributed by atoms with E-state index in [0.29, 0.717) is 36.2 Å². The summed E-state index contributed by atoms with van der Waals surface area (Å²) in [5.74, 6) is -1.38. The second-order valence-corrected chi connectivity index (χ2v) is 9.99. The van der Waals surface area contributed by atoms with Crippen molar-refractivity contribution in [2.45, 2.75) is 32.2 Å². The van der Waals surface area contributed by atoms with Crippen molar-refractivity contribution >= 4 is 22.6 Å². The molecule has 0 atom stereocenters. The van der Waals surface area contributed by atoms with Gasteiger partial charge in [-0.1, -0.05) is 12.1 Å². The Balaban J connectivity index is 1.55. The minimum Gasteiger partial charge on any atom is -0.497 e. The van der Waals surface area contributed by atoms with Gasteiger partial charge in [0.1, 0.15) is 22.8 Å². The number of hydrogen-bond donors (Lipinski definition) is 2. The number of nitrogens with one attached hydrogen (secondary N) is 1. The van der Waals surface area contributed by atoms with E-state index in [9.17, 15) is 14.7 Å². The van der Waals surface area contributed by atoms with Crippen molar-refractivity contribution in [1.82, 2.24) is 9.88 Å². The number of ether oxygens (including phenoxy) is 1. The van der Waals surface area contributed by atoms with Gasteiger partial charge in [0, 0.05) is 25.8 Å². The zero-order valence-electron chi connectivity index (χ0n) is 20.8. The van der Waals surface area contributed by atoms with Crippen LogP contribution >= 0.6 is 0 Å². The molecule has 0 unspecified atom stereocenters. The van der Waals surface area contributed by atoms with Gasteiger partial charge in [-0.2, -0.15) is 0 Å². The van der Waals surface area contributed by atoms with Crippen molar-refractivity contribution in [2.75, 3.05) is 38.2 Å². The van der Waals surface area contributed by atoms with Gasteiger partial charge in [-0.3, -0.25) is 4.79 Å². The van der Waals surface area contributed by atoms with Crippen LogP contribution in [0, 0.1) is 23.5 Å². The third-order valence-corrected chi connectivity index (χ3v) is 7.85. The van der Waals surface area contributed by atoms with Gasteiger partial charge in [0.25, 0.3) is 0 Å². The fraction of sp³-hybridized carbons (Fsp3) is 0.429. The smallest absolute Gasteiger partial charge is 0.341 e. The topological polar surface area (TPSA) is 83.8 Å². The minimum atomic E-state index is -1.45. The lowest BCUT2D eigenvalue weighted by Crippen LogP contribution is -2.40. The number of pyridine rings is 1. The molecule has 2 aliphatic rings. The summed E-state index contributed by atoms with van der Waals surface area (Å²) < 4.78 is 38.2. The Morgan fingerprint density at radius 1 is 1.11 bits per heavy atom.